The van der Waals surface area contributed by atoms with Crippen molar-refractivity contribution in [2.75, 3.05) is 13.2 Å². The van der Waals surface area contributed by atoms with Gasteiger partial charge in [0, 0.05) is 12.8 Å². The average molecular weight is 647 g/mol. The average Bonchev–Trinajstić information content (AvgIpc) is 3.67. The van der Waals surface area contributed by atoms with Gasteiger partial charge in [-0.1, -0.05) is 132 Å². The molecule has 240 valence electrons. The molecule has 0 bridgehead atoms. The molecule has 0 aromatic heterocycles. The number of amides is 4. The van der Waals surface area contributed by atoms with Crippen LogP contribution in [0.4, 0.5) is 9.59 Å². The van der Waals surface area contributed by atoms with Gasteiger partial charge in [0.05, 0.1) is 12.1 Å². The van der Waals surface area contributed by atoms with Crippen LogP contribution >= 0.6 is 0 Å². The van der Waals surface area contributed by atoms with Crippen molar-refractivity contribution >= 4 is 42.4 Å². The van der Waals surface area contributed by atoms with Crippen molar-refractivity contribution in [3.8, 4) is 0 Å². The number of ether oxygens (including phenoxy) is 2. The van der Waals surface area contributed by atoms with Gasteiger partial charge in [-0.25, -0.2) is 19.4 Å². The molecule has 0 radical (unpaired) electrons. The maximum atomic E-state index is 13.9. The fourth-order valence-electron chi connectivity index (χ4n) is 6.87. The summed E-state index contributed by atoms with van der Waals surface area (Å²) in [5, 5.41) is 2.17. The van der Waals surface area contributed by atoms with E-state index in [1.54, 1.807) is 0 Å². The highest BCUT2D eigenvalue weighted by atomic mass is 28.3. The lowest BCUT2D eigenvalue weighted by Crippen LogP contribution is -2.59. The fourth-order valence-corrected chi connectivity index (χ4v) is 11.6. The van der Waals surface area contributed by atoms with E-state index in [-0.39, 0.29) is 50.0 Å². The summed E-state index contributed by atoms with van der Waals surface area (Å²) in [7, 11) is -2.81. The molecule has 2 aliphatic rings. The van der Waals surface area contributed by atoms with E-state index in [4.69, 9.17) is 9.47 Å². The van der Waals surface area contributed by atoms with Crippen molar-refractivity contribution in [3.05, 3.63) is 132 Å². The number of carbonyl (C=O) groups excluding carboxylic acids is 4. The maximum Gasteiger partial charge on any atom is 0.416 e. The Bertz CT molecular complexity index is 1560. The second kappa shape index (κ2) is 14.6. The Morgan fingerprint density at radius 3 is 1.26 bits per heavy atom. The van der Waals surface area contributed by atoms with Crippen molar-refractivity contribution in [1.82, 2.24) is 9.80 Å². The molecule has 6 rings (SSSR count). The lowest BCUT2D eigenvalue weighted by molar-refractivity contribution is -0.129. The second-order valence-corrected chi connectivity index (χ2v) is 16.5. The first kappa shape index (κ1) is 31.9. The van der Waals surface area contributed by atoms with E-state index in [0.29, 0.717) is 24.9 Å². The van der Waals surface area contributed by atoms with E-state index >= 15 is 0 Å². The van der Waals surface area contributed by atoms with Gasteiger partial charge in [0.1, 0.15) is 21.3 Å². The Kier molecular flexibility index (Phi) is 9.92. The molecule has 0 aliphatic carbocycles. The summed E-state index contributed by atoms with van der Waals surface area (Å²) in [6.45, 7) is 0.313. The minimum atomic E-state index is -2.81. The maximum absolute atomic E-state index is 13.9. The SMILES string of the molecule is O=C(CC[Si](CCC(=O)N1C(=O)OC[C@H]1Cc1ccccc1)(c1ccccc1)c1ccccc1)N1C(=O)OC[C@H]1Cc1ccccc1. The Labute approximate surface area is 275 Å². The van der Waals surface area contributed by atoms with E-state index in [1.165, 1.54) is 9.80 Å². The summed E-state index contributed by atoms with van der Waals surface area (Å²) in [5.74, 6) is -0.566. The predicted molar refractivity (Wildman–Crippen MR) is 181 cm³/mol. The summed E-state index contributed by atoms with van der Waals surface area (Å²) < 4.78 is 10.7. The zero-order valence-corrected chi connectivity index (χ0v) is 27.2. The molecule has 2 atom stereocenters. The molecular weight excluding hydrogens is 609 g/mol. The van der Waals surface area contributed by atoms with Crippen LogP contribution in [0.5, 0.6) is 0 Å². The van der Waals surface area contributed by atoms with Crippen LogP contribution in [-0.2, 0) is 31.9 Å². The van der Waals surface area contributed by atoms with Crippen molar-refractivity contribution in [3.63, 3.8) is 0 Å². The van der Waals surface area contributed by atoms with E-state index in [9.17, 15) is 19.2 Å². The van der Waals surface area contributed by atoms with Gasteiger partial charge >= 0.3 is 12.2 Å². The molecule has 2 aliphatic heterocycles. The van der Waals surface area contributed by atoms with Crippen LogP contribution in [0.1, 0.15) is 24.0 Å². The van der Waals surface area contributed by atoms with E-state index in [2.05, 4.69) is 24.3 Å². The fraction of sp³-hybridized carbons (Fsp3) is 0.263. The van der Waals surface area contributed by atoms with Gasteiger partial charge in [0.15, 0.2) is 0 Å². The molecule has 0 unspecified atom stereocenters. The van der Waals surface area contributed by atoms with Gasteiger partial charge < -0.3 is 9.47 Å². The monoisotopic (exact) mass is 646 g/mol. The van der Waals surface area contributed by atoms with E-state index in [1.807, 2.05) is 97.1 Å². The summed E-state index contributed by atoms with van der Waals surface area (Å²) in [5.41, 5.74) is 2.05. The van der Waals surface area contributed by atoms with Crippen molar-refractivity contribution < 1.29 is 28.7 Å². The molecule has 8 nitrogen and oxygen atoms in total. The smallest absolute Gasteiger partial charge is 0.416 e. The Morgan fingerprint density at radius 1 is 0.553 bits per heavy atom. The Hall–Kier alpha value is -5.02. The summed E-state index contributed by atoms with van der Waals surface area (Å²) in [6, 6.07) is 39.8. The standard InChI is InChI=1S/C38H38N2O6Si/c41-35(39-31(27-45-37(39)43)25-29-13-5-1-6-14-29)21-23-47(33-17-9-3-10-18-33,34-19-11-4-12-20-34)24-22-36(42)40-32(28-46-38(40)44)26-30-15-7-2-8-16-30/h1-20,31-32H,21-28H2/t31-,32-/m1/s1. The quantitative estimate of drug-likeness (QED) is 0.196. The van der Waals surface area contributed by atoms with E-state index < -0.39 is 20.3 Å². The normalized spacial score (nSPS) is 17.8. The molecule has 0 N–H and O–H groups in total. The molecule has 9 heteroatoms. The third-order valence-corrected chi connectivity index (χ3v) is 14.4. The van der Waals surface area contributed by atoms with Gasteiger partial charge in [-0.15, -0.1) is 0 Å². The summed E-state index contributed by atoms with van der Waals surface area (Å²) >= 11 is 0. The molecule has 0 saturated carbocycles. The number of nitrogens with zero attached hydrogens (tertiary/aromatic N) is 2. The number of benzene rings is 4. The Morgan fingerprint density at radius 2 is 0.894 bits per heavy atom. The second-order valence-electron chi connectivity index (χ2n) is 12.2. The number of carbonyl (C=O) groups is 4. The minimum absolute atomic E-state index is 0.118. The van der Waals surface area contributed by atoms with Gasteiger partial charge in [-0.3, -0.25) is 9.59 Å². The van der Waals surface area contributed by atoms with Gasteiger partial charge in [0.2, 0.25) is 11.8 Å². The third-order valence-electron chi connectivity index (χ3n) is 9.27. The highest BCUT2D eigenvalue weighted by Crippen LogP contribution is 2.27. The molecule has 2 saturated heterocycles. The number of hydrogen-bond donors (Lipinski definition) is 0. The number of imide groups is 2. The van der Waals surface area contributed by atoms with Crippen LogP contribution in [-0.4, -0.2) is 67.2 Å². The van der Waals surface area contributed by atoms with E-state index in [0.717, 1.165) is 21.5 Å². The Balaban J connectivity index is 1.25. The van der Waals surface area contributed by atoms with Crippen LogP contribution in [0.2, 0.25) is 12.1 Å². The topological polar surface area (TPSA) is 93.2 Å². The molecule has 4 aromatic carbocycles. The van der Waals surface area contributed by atoms with Crippen molar-refractivity contribution in [2.24, 2.45) is 0 Å². The van der Waals surface area contributed by atoms with Gasteiger partial charge in [-0.05, 0) is 36.1 Å². The first-order chi connectivity index (χ1) is 22.9. The molecule has 2 fully saturated rings. The molecule has 4 amide bonds. The van der Waals surface area contributed by atoms with Crippen LogP contribution < -0.4 is 10.4 Å². The van der Waals surface area contributed by atoms with Crippen LogP contribution in [0, 0.1) is 0 Å². The first-order valence-corrected chi connectivity index (χ1v) is 18.5. The third kappa shape index (κ3) is 7.20. The molecule has 47 heavy (non-hydrogen) atoms. The van der Waals surface area contributed by atoms with Gasteiger partial charge in [-0.2, -0.15) is 0 Å². The zero-order valence-electron chi connectivity index (χ0n) is 26.2. The number of cyclic esters (lactones) is 2. The largest absolute Gasteiger partial charge is 0.447 e. The van der Waals surface area contributed by atoms with Crippen molar-refractivity contribution in [1.29, 1.82) is 0 Å². The highest BCUT2D eigenvalue weighted by Gasteiger charge is 2.43. The number of rotatable bonds is 12. The lowest BCUT2D eigenvalue weighted by Gasteiger charge is -2.34. The molecule has 2 heterocycles. The van der Waals surface area contributed by atoms with Crippen LogP contribution in [0.25, 0.3) is 0 Å². The molecular formula is C38H38N2O6Si. The van der Waals surface area contributed by atoms with Crippen molar-refractivity contribution in [2.45, 2.75) is 49.9 Å². The van der Waals surface area contributed by atoms with Gasteiger partial charge in [0.25, 0.3) is 0 Å². The predicted octanol–water partition coefficient (Wildman–Crippen LogP) is 5.21. The summed E-state index contributed by atoms with van der Waals surface area (Å²) in [4.78, 5) is 56.0. The van der Waals surface area contributed by atoms with Crippen LogP contribution in [0.15, 0.2) is 121 Å². The first-order valence-electron chi connectivity index (χ1n) is 16.1. The zero-order chi connectivity index (χ0) is 32.6. The van der Waals surface area contributed by atoms with Crippen LogP contribution in [0.3, 0.4) is 0 Å². The number of hydrogen-bond acceptors (Lipinski definition) is 6. The summed E-state index contributed by atoms with van der Waals surface area (Å²) in [6.07, 6.45) is 0.0376. The highest BCUT2D eigenvalue weighted by molar-refractivity contribution is 7.02. The molecule has 0 spiro atoms. The minimum Gasteiger partial charge on any atom is -0.447 e. The molecule has 4 aromatic rings. The lowest BCUT2D eigenvalue weighted by atomic mass is 10.1.